The van der Waals surface area contributed by atoms with Crippen LogP contribution in [0.4, 0.5) is 5.69 Å². The topological polar surface area (TPSA) is 123 Å². The van der Waals surface area contributed by atoms with E-state index in [0.717, 1.165) is 5.01 Å². The number of benzene rings is 2. The van der Waals surface area contributed by atoms with E-state index in [1.54, 1.807) is 74.5 Å². The third kappa shape index (κ3) is 5.85. The molecule has 0 saturated carbocycles. The third-order valence-electron chi connectivity index (χ3n) is 5.52. The number of hydrazone groups is 1. The molecule has 2 heterocycles. The highest BCUT2D eigenvalue weighted by molar-refractivity contribution is 6.53. The van der Waals surface area contributed by atoms with Crippen molar-refractivity contribution in [3.05, 3.63) is 112 Å². The Morgan fingerprint density at radius 3 is 2.10 bits per heavy atom. The summed E-state index contributed by atoms with van der Waals surface area (Å²) in [4.78, 5) is 51.1. The fraction of sp³-hybridized carbons (Fsp3) is 0.138. The molecule has 1 amide bonds. The van der Waals surface area contributed by atoms with E-state index in [1.165, 1.54) is 29.0 Å². The van der Waals surface area contributed by atoms with Gasteiger partial charge in [-0.1, -0.05) is 54.6 Å². The van der Waals surface area contributed by atoms with E-state index < -0.39 is 23.4 Å². The number of H-pyrrole nitrogens is 1. The number of hydrogen-bond donors (Lipinski definition) is 1. The zero-order valence-electron chi connectivity index (χ0n) is 21.4. The highest BCUT2D eigenvalue weighted by atomic mass is 16.5. The van der Waals surface area contributed by atoms with Gasteiger partial charge in [0.1, 0.15) is 0 Å². The zero-order chi connectivity index (χ0) is 27.8. The molecule has 0 radical (unpaired) electrons. The lowest BCUT2D eigenvalue weighted by atomic mass is 10.1. The van der Waals surface area contributed by atoms with Crippen LogP contribution >= 0.6 is 0 Å². The van der Waals surface area contributed by atoms with Gasteiger partial charge in [0.05, 0.1) is 35.7 Å². The number of para-hydroxylation sites is 2. The van der Waals surface area contributed by atoms with Gasteiger partial charge in [0.2, 0.25) is 0 Å². The maximum absolute atomic E-state index is 13.1. The number of anilines is 1. The number of amides is 1. The minimum Gasteiger partial charge on any atom is -0.461 e. The van der Waals surface area contributed by atoms with Crippen LogP contribution in [0.15, 0.2) is 100 Å². The first-order valence-electron chi connectivity index (χ1n) is 12.2. The molecule has 1 aliphatic heterocycles. The molecule has 3 aromatic rings. The number of hydrogen-bond acceptors (Lipinski definition) is 7. The summed E-state index contributed by atoms with van der Waals surface area (Å²) < 4.78 is 11.4. The van der Waals surface area contributed by atoms with E-state index in [0.29, 0.717) is 11.4 Å². The summed E-state index contributed by atoms with van der Waals surface area (Å²) in [5.74, 6) is -1.87. The third-order valence-corrected chi connectivity index (χ3v) is 5.52. The van der Waals surface area contributed by atoms with Crippen LogP contribution in [0.3, 0.4) is 0 Å². The Morgan fingerprint density at radius 2 is 1.46 bits per heavy atom. The summed E-state index contributed by atoms with van der Waals surface area (Å²) in [7, 11) is 0. The van der Waals surface area contributed by atoms with Gasteiger partial charge in [-0.2, -0.15) is 10.1 Å². The molecule has 0 bridgehead atoms. The minimum atomic E-state index is -0.715. The molecule has 10 heteroatoms. The van der Waals surface area contributed by atoms with Crippen molar-refractivity contribution in [3.63, 3.8) is 0 Å². The average molecular weight is 527 g/mol. The lowest BCUT2D eigenvalue weighted by molar-refractivity contribution is -0.135. The first kappa shape index (κ1) is 26.8. The van der Waals surface area contributed by atoms with Gasteiger partial charge in [0.25, 0.3) is 11.5 Å². The van der Waals surface area contributed by atoms with Crippen LogP contribution in [0, 0.1) is 0 Å². The predicted molar refractivity (Wildman–Crippen MR) is 147 cm³/mol. The lowest BCUT2D eigenvalue weighted by Crippen LogP contribution is -2.22. The first-order valence-corrected chi connectivity index (χ1v) is 12.2. The number of esters is 2. The number of ether oxygens (including phenoxy) is 2. The van der Waals surface area contributed by atoms with Crippen molar-refractivity contribution >= 4 is 35.3 Å². The highest BCUT2D eigenvalue weighted by Crippen LogP contribution is 2.24. The van der Waals surface area contributed by atoms with E-state index in [9.17, 15) is 19.2 Å². The van der Waals surface area contributed by atoms with Crippen LogP contribution in [0.5, 0.6) is 0 Å². The number of rotatable bonds is 9. The van der Waals surface area contributed by atoms with E-state index in [1.807, 2.05) is 6.07 Å². The van der Waals surface area contributed by atoms with Crippen molar-refractivity contribution in [1.82, 2.24) is 9.78 Å². The normalized spacial score (nSPS) is 14.4. The molecule has 0 spiro atoms. The SMILES string of the molecule is CCOC(=O)C1=NN(c2ccccc2)C(=O)C1=CC=CC=Cc1c(C(=O)OCC)[nH]n(-c2ccccc2)c1=O. The fourth-order valence-corrected chi connectivity index (χ4v) is 3.75. The second kappa shape index (κ2) is 12.3. The van der Waals surface area contributed by atoms with Crippen molar-refractivity contribution in [2.45, 2.75) is 13.8 Å². The molecule has 4 rings (SSSR count). The second-order valence-corrected chi connectivity index (χ2v) is 8.04. The molecule has 0 fully saturated rings. The summed E-state index contributed by atoms with van der Waals surface area (Å²) >= 11 is 0. The molecule has 1 aliphatic rings. The Kier molecular flexibility index (Phi) is 8.47. The summed E-state index contributed by atoms with van der Waals surface area (Å²) in [6.07, 6.45) is 7.53. The highest BCUT2D eigenvalue weighted by Gasteiger charge is 2.35. The maximum atomic E-state index is 13.1. The second-order valence-electron chi connectivity index (χ2n) is 8.04. The number of nitrogens with zero attached hydrogens (tertiary/aromatic N) is 3. The molecule has 0 atom stereocenters. The molecule has 39 heavy (non-hydrogen) atoms. The van der Waals surface area contributed by atoms with E-state index >= 15 is 0 Å². The van der Waals surface area contributed by atoms with Gasteiger partial charge >= 0.3 is 11.9 Å². The molecule has 1 N–H and O–H groups in total. The van der Waals surface area contributed by atoms with Gasteiger partial charge in [-0.25, -0.2) is 14.3 Å². The van der Waals surface area contributed by atoms with Crippen LogP contribution in [0.2, 0.25) is 0 Å². The molecule has 1 aromatic heterocycles. The standard InChI is InChI=1S/C29H26N4O6/c1-3-38-28(36)24-22(26(34)32(30-24)20-14-8-5-9-15-20)18-12-7-13-19-23-25(29(37)39-4-2)31-33(27(23)35)21-16-10-6-11-17-21/h5-19,30H,3-4H2,1-2H3. The number of carbonyl (C=O) groups is 3. The Morgan fingerprint density at radius 1 is 0.846 bits per heavy atom. The van der Waals surface area contributed by atoms with Gasteiger partial charge in [-0.15, -0.1) is 0 Å². The molecular formula is C29H26N4O6. The molecule has 0 unspecified atom stereocenters. The smallest absolute Gasteiger partial charge is 0.359 e. The number of aromatic nitrogens is 2. The van der Waals surface area contributed by atoms with Crippen LogP contribution < -0.4 is 10.6 Å². The Bertz CT molecular complexity index is 1550. The van der Waals surface area contributed by atoms with Gasteiger partial charge in [0.15, 0.2) is 11.4 Å². The number of nitrogens with one attached hydrogen (secondary N) is 1. The molecule has 0 saturated heterocycles. The monoisotopic (exact) mass is 526 g/mol. The van der Waals surface area contributed by atoms with E-state index in [4.69, 9.17) is 9.47 Å². The van der Waals surface area contributed by atoms with Gasteiger partial charge < -0.3 is 9.47 Å². The minimum absolute atomic E-state index is 0.00918. The summed E-state index contributed by atoms with van der Waals surface area (Å²) in [5, 5.41) is 8.14. The average Bonchev–Trinajstić information content (AvgIpc) is 3.46. The largest absolute Gasteiger partial charge is 0.461 e. The zero-order valence-corrected chi connectivity index (χ0v) is 21.4. The van der Waals surface area contributed by atoms with Gasteiger partial charge in [0, 0.05) is 0 Å². The molecule has 0 aliphatic carbocycles. The van der Waals surface area contributed by atoms with Crippen molar-refractivity contribution in [3.8, 4) is 5.69 Å². The number of allylic oxidation sites excluding steroid dienone is 4. The predicted octanol–water partition coefficient (Wildman–Crippen LogP) is 3.80. The van der Waals surface area contributed by atoms with Gasteiger partial charge in [-0.05, 0) is 50.3 Å². The molecule has 2 aromatic carbocycles. The maximum Gasteiger partial charge on any atom is 0.359 e. The van der Waals surface area contributed by atoms with Crippen LogP contribution in [0.25, 0.3) is 11.8 Å². The van der Waals surface area contributed by atoms with E-state index in [-0.39, 0.29) is 35.8 Å². The summed E-state index contributed by atoms with van der Waals surface area (Å²) in [5.41, 5.74) is 0.688. The Balaban J connectivity index is 1.62. The van der Waals surface area contributed by atoms with Crippen molar-refractivity contribution in [2.75, 3.05) is 18.2 Å². The number of aromatic amines is 1. The summed E-state index contributed by atoms with van der Waals surface area (Å²) in [6.45, 7) is 3.61. The van der Waals surface area contributed by atoms with Crippen molar-refractivity contribution < 1.29 is 23.9 Å². The molecular weight excluding hydrogens is 500 g/mol. The Hall–Kier alpha value is -5.25. The fourth-order valence-electron chi connectivity index (χ4n) is 3.75. The van der Waals surface area contributed by atoms with Crippen LogP contribution in [-0.4, -0.2) is 46.6 Å². The Labute approximate surface area is 224 Å². The first-order chi connectivity index (χ1) is 19.0. The van der Waals surface area contributed by atoms with Crippen LogP contribution in [0.1, 0.15) is 29.9 Å². The lowest BCUT2D eigenvalue weighted by Gasteiger charge is -2.10. The van der Waals surface area contributed by atoms with Crippen LogP contribution in [-0.2, 0) is 19.1 Å². The molecule has 198 valence electrons. The molecule has 10 nitrogen and oxygen atoms in total. The quantitative estimate of drug-likeness (QED) is 0.257. The van der Waals surface area contributed by atoms with E-state index in [2.05, 4.69) is 10.2 Å². The van der Waals surface area contributed by atoms with Crippen molar-refractivity contribution in [2.24, 2.45) is 5.10 Å². The number of carbonyl (C=O) groups excluding carboxylic acids is 3. The van der Waals surface area contributed by atoms with Crippen molar-refractivity contribution in [1.29, 1.82) is 0 Å². The van der Waals surface area contributed by atoms with Gasteiger partial charge in [-0.3, -0.25) is 14.7 Å². The summed E-state index contributed by atoms with van der Waals surface area (Å²) in [6, 6.07) is 17.5.